The second-order valence-electron chi connectivity index (χ2n) is 2.53. The van der Waals surface area contributed by atoms with E-state index in [0.717, 1.165) is 13.6 Å². The second-order valence-corrected chi connectivity index (χ2v) is 4.48. The molecule has 13 heavy (non-hydrogen) atoms. The fourth-order valence-electron chi connectivity index (χ4n) is 0.929. The summed E-state index contributed by atoms with van der Waals surface area (Å²) in [7, 11) is 1.38. The molecule has 0 radical (unpaired) electrons. The Labute approximate surface area is 98.9 Å². The zero-order chi connectivity index (χ0) is 10.0. The molecule has 0 fully saturated rings. The number of methoxy groups -OCH3 is 1. The van der Waals surface area contributed by atoms with Crippen LogP contribution in [-0.2, 0) is 4.74 Å². The lowest BCUT2D eigenvalue weighted by atomic mass is 10.1. The van der Waals surface area contributed by atoms with E-state index in [1.165, 1.54) is 7.11 Å². The van der Waals surface area contributed by atoms with Crippen LogP contribution in [0.5, 0.6) is 0 Å². The molecule has 2 nitrogen and oxygen atoms in total. The van der Waals surface area contributed by atoms with E-state index in [1.807, 2.05) is 13.0 Å². The summed E-state index contributed by atoms with van der Waals surface area (Å²) in [6.45, 7) is 1.96. The minimum atomic E-state index is -0.314. The van der Waals surface area contributed by atoms with E-state index in [0.29, 0.717) is 5.56 Å². The van der Waals surface area contributed by atoms with Gasteiger partial charge in [-0.2, -0.15) is 0 Å². The largest absolute Gasteiger partial charge is 0.465 e. The van der Waals surface area contributed by atoms with Crippen molar-refractivity contribution < 1.29 is 9.53 Å². The molecule has 0 aliphatic rings. The first-order valence-corrected chi connectivity index (χ1v) is 5.48. The van der Waals surface area contributed by atoms with Crippen LogP contribution >= 0.6 is 38.5 Å². The van der Waals surface area contributed by atoms with E-state index in [4.69, 9.17) is 0 Å². The summed E-state index contributed by atoms with van der Waals surface area (Å²) >= 11 is 5.59. The summed E-state index contributed by atoms with van der Waals surface area (Å²) in [6, 6.07) is 3.65. The SMILES string of the molecule is COC(=O)c1ccc(I)c(C)c1Br. The lowest BCUT2D eigenvalue weighted by Gasteiger charge is -2.06. The monoisotopic (exact) mass is 354 g/mol. The van der Waals surface area contributed by atoms with Crippen LogP contribution in [-0.4, -0.2) is 13.1 Å². The zero-order valence-electron chi connectivity index (χ0n) is 7.23. The molecule has 1 aromatic carbocycles. The van der Waals surface area contributed by atoms with Gasteiger partial charge in [-0.3, -0.25) is 0 Å². The number of hydrogen-bond donors (Lipinski definition) is 0. The van der Waals surface area contributed by atoms with Crippen molar-refractivity contribution in [3.8, 4) is 0 Å². The predicted octanol–water partition coefficient (Wildman–Crippen LogP) is 3.15. The number of hydrogen-bond acceptors (Lipinski definition) is 2. The highest BCUT2D eigenvalue weighted by atomic mass is 127. The summed E-state index contributed by atoms with van der Waals surface area (Å²) in [5.74, 6) is -0.314. The van der Waals surface area contributed by atoms with Crippen molar-refractivity contribution in [1.29, 1.82) is 0 Å². The molecule has 0 saturated carbocycles. The lowest BCUT2D eigenvalue weighted by Crippen LogP contribution is -2.03. The Morgan fingerprint density at radius 1 is 1.54 bits per heavy atom. The Morgan fingerprint density at radius 2 is 2.15 bits per heavy atom. The Balaban J connectivity index is 3.26. The molecule has 0 spiro atoms. The number of halogens is 2. The predicted molar refractivity (Wildman–Crippen MR) is 62.9 cm³/mol. The third-order valence-corrected chi connectivity index (χ3v) is 3.92. The van der Waals surface area contributed by atoms with Crippen molar-refractivity contribution in [3.63, 3.8) is 0 Å². The van der Waals surface area contributed by atoms with Gasteiger partial charge in [0.25, 0.3) is 0 Å². The molecule has 0 atom stereocenters. The molecular weight excluding hydrogens is 347 g/mol. The summed E-state index contributed by atoms with van der Waals surface area (Å²) in [4.78, 5) is 11.2. The van der Waals surface area contributed by atoms with Gasteiger partial charge in [0.1, 0.15) is 0 Å². The number of carbonyl (C=O) groups is 1. The fourth-order valence-corrected chi connectivity index (χ4v) is 2.26. The quantitative estimate of drug-likeness (QED) is 0.572. The van der Waals surface area contributed by atoms with Crippen molar-refractivity contribution >= 4 is 44.5 Å². The van der Waals surface area contributed by atoms with Gasteiger partial charge in [-0.15, -0.1) is 0 Å². The number of esters is 1. The smallest absolute Gasteiger partial charge is 0.339 e. The van der Waals surface area contributed by atoms with Crippen LogP contribution in [0, 0.1) is 10.5 Å². The van der Waals surface area contributed by atoms with Gasteiger partial charge in [-0.1, -0.05) is 0 Å². The number of carbonyl (C=O) groups excluding carboxylic acids is 1. The molecule has 0 aliphatic heterocycles. The van der Waals surface area contributed by atoms with Crippen LogP contribution in [0.25, 0.3) is 0 Å². The molecule has 0 N–H and O–H groups in total. The summed E-state index contributed by atoms with van der Waals surface area (Å²) < 4.78 is 6.57. The van der Waals surface area contributed by atoms with Crippen molar-refractivity contribution in [2.45, 2.75) is 6.92 Å². The molecule has 0 aromatic heterocycles. The van der Waals surface area contributed by atoms with Crippen LogP contribution in [0.2, 0.25) is 0 Å². The van der Waals surface area contributed by atoms with Gasteiger partial charge in [0.15, 0.2) is 0 Å². The summed E-state index contributed by atoms with van der Waals surface area (Å²) in [5.41, 5.74) is 1.63. The van der Waals surface area contributed by atoms with Crippen molar-refractivity contribution in [1.82, 2.24) is 0 Å². The van der Waals surface area contributed by atoms with Gasteiger partial charge in [0.05, 0.1) is 12.7 Å². The van der Waals surface area contributed by atoms with Crippen molar-refractivity contribution in [2.75, 3.05) is 7.11 Å². The number of rotatable bonds is 1. The highest BCUT2D eigenvalue weighted by Crippen LogP contribution is 2.25. The summed E-state index contributed by atoms with van der Waals surface area (Å²) in [6.07, 6.45) is 0. The van der Waals surface area contributed by atoms with E-state index in [1.54, 1.807) is 6.07 Å². The topological polar surface area (TPSA) is 26.3 Å². The maximum atomic E-state index is 11.2. The standard InChI is InChI=1S/C9H8BrIO2/c1-5-7(11)4-3-6(8(5)10)9(12)13-2/h3-4H,1-2H3. The first-order valence-electron chi connectivity index (χ1n) is 3.61. The zero-order valence-corrected chi connectivity index (χ0v) is 11.0. The average Bonchev–Trinajstić information content (AvgIpc) is 2.13. The molecular formula is C9H8BrIO2. The summed E-state index contributed by atoms with van der Waals surface area (Å²) in [5, 5.41) is 0. The molecule has 0 saturated heterocycles. The van der Waals surface area contributed by atoms with Gasteiger partial charge in [-0.05, 0) is 63.1 Å². The fraction of sp³-hybridized carbons (Fsp3) is 0.222. The van der Waals surface area contributed by atoms with E-state index >= 15 is 0 Å². The van der Waals surface area contributed by atoms with E-state index < -0.39 is 0 Å². The maximum absolute atomic E-state index is 11.2. The Hall–Kier alpha value is -0.100. The van der Waals surface area contributed by atoms with Gasteiger partial charge < -0.3 is 4.74 Å². The Bertz CT molecular complexity index is 350. The van der Waals surface area contributed by atoms with Crippen LogP contribution in [0.15, 0.2) is 16.6 Å². The third-order valence-electron chi connectivity index (χ3n) is 1.73. The van der Waals surface area contributed by atoms with E-state index in [-0.39, 0.29) is 5.97 Å². The first-order chi connectivity index (χ1) is 6.07. The molecule has 0 amide bonds. The normalized spacial score (nSPS) is 9.85. The first kappa shape index (κ1) is 11.0. The highest BCUT2D eigenvalue weighted by molar-refractivity contribution is 14.1. The Morgan fingerprint density at radius 3 is 2.69 bits per heavy atom. The van der Waals surface area contributed by atoms with Crippen molar-refractivity contribution in [2.24, 2.45) is 0 Å². The highest BCUT2D eigenvalue weighted by Gasteiger charge is 2.12. The second kappa shape index (κ2) is 4.41. The van der Waals surface area contributed by atoms with Crippen LogP contribution in [0.1, 0.15) is 15.9 Å². The van der Waals surface area contributed by atoms with E-state index in [2.05, 4.69) is 43.3 Å². The molecule has 0 heterocycles. The molecule has 1 aromatic rings. The molecule has 0 bridgehead atoms. The van der Waals surface area contributed by atoms with Crippen LogP contribution in [0.3, 0.4) is 0 Å². The van der Waals surface area contributed by atoms with Crippen LogP contribution < -0.4 is 0 Å². The minimum absolute atomic E-state index is 0.314. The maximum Gasteiger partial charge on any atom is 0.339 e. The number of ether oxygens (including phenoxy) is 1. The molecule has 4 heteroatoms. The minimum Gasteiger partial charge on any atom is -0.465 e. The average molecular weight is 355 g/mol. The van der Waals surface area contributed by atoms with Gasteiger partial charge in [-0.25, -0.2) is 4.79 Å². The van der Waals surface area contributed by atoms with Crippen LogP contribution in [0.4, 0.5) is 0 Å². The third kappa shape index (κ3) is 2.22. The molecule has 1 rings (SSSR count). The Kier molecular flexibility index (Phi) is 3.73. The van der Waals surface area contributed by atoms with E-state index in [9.17, 15) is 4.79 Å². The van der Waals surface area contributed by atoms with Gasteiger partial charge >= 0.3 is 5.97 Å². The molecule has 0 aliphatic carbocycles. The molecule has 70 valence electrons. The molecule has 0 unspecified atom stereocenters. The number of benzene rings is 1. The lowest BCUT2D eigenvalue weighted by molar-refractivity contribution is 0.0599. The van der Waals surface area contributed by atoms with Gasteiger partial charge in [0, 0.05) is 8.04 Å². The van der Waals surface area contributed by atoms with Gasteiger partial charge in [0.2, 0.25) is 0 Å². The van der Waals surface area contributed by atoms with Crippen molar-refractivity contribution in [3.05, 3.63) is 31.3 Å².